The molecule has 2 unspecified atom stereocenters. The minimum atomic E-state index is -0.997. The molecule has 8 nitrogen and oxygen atoms in total. The minimum Gasteiger partial charge on any atom is -0.478 e. The molecule has 1 aliphatic heterocycles. The molecule has 1 saturated carbocycles. The maximum absolute atomic E-state index is 13.1. The van der Waals surface area contributed by atoms with E-state index in [1.807, 2.05) is 58.0 Å². The molecule has 0 bridgehead atoms. The first kappa shape index (κ1) is 28.3. The fraction of sp³-hybridized carbons (Fsp3) is 0.394. The van der Waals surface area contributed by atoms with Crippen molar-refractivity contribution in [2.24, 2.45) is 5.92 Å². The summed E-state index contributed by atoms with van der Waals surface area (Å²) in [6.07, 6.45) is 3.72. The Labute approximate surface area is 241 Å². The summed E-state index contributed by atoms with van der Waals surface area (Å²) >= 11 is 0. The third-order valence-electron chi connectivity index (χ3n) is 7.93. The van der Waals surface area contributed by atoms with Crippen LogP contribution in [0.1, 0.15) is 78.3 Å². The Hall–Kier alpha value is -4.20. The molecule has 2 aromatic carbocycles. The Morgan fingerprint density at radius 1 is 1.07 bits per heavy atom. The molecule has 3 N–H and O–H groups in total. The second-order valence-electron chi connectivity index (χ2n) is 12.0. The van der Waals surface area contributed by atoms with Gasteiger partial charge in [0.2, 0.25) is 5.91 Å². The highest BCUT2D eigenvalue weighted by molar-refractivity contribution is 5.91. The highest BCUT2D eigenvalue weighted by Gasteiger charge is 2.43. The maximum atomic E-state index is 13.1. The van der Waals surface area contributed by atoms with Crippen molar-refractivity contribution in [3.63, 3.8) is 0 Å². The van der Waals surface area contributed by atoms with Crippen molar-refractivity contribution in [3.8, 4) is 11.1 Å². The van der Waals surface area contributed by atoms with Crippen LogP contribution in [0.5, 0.6) is 0 Å². The summed E-state index contributed by atoms with van der Waals surface area (Å²) in [5.41, 5.74) is 6.24. The van der Waals surface area contributed by atoms with Gasteiger partial charge in [-0.05, 0) is 79.8 Å². The van der Waals surface area contributed by atoms with Gasteiger partial charge >= 0.3 is 12.0 Å². The van der Waals surface area contributed by atoms with Crippen molar-refractivity contribution >= 4 is 17.9 Å². The molecule has 2 atom stereocenters. The van der Waals surface area contributed by atoms with E-state index in [9.17, 15) is 19.5 Å². The van der Waals surface area contributed by atoms with Crippen molar-refractivity contribution in [1.29, 1.82) is 0 Å². The fourth-order valence-corrected chi connectivity index (χ4v) is 5.72. The summed E-state index contributed by atoms with van der Waals surface area (Å²) in [7, 11) is 0. The zero-order chi connectivity index (χ0) is 29.3. The summed E-state index contributed by atoms with van der Waals surface area (Å²) in [6, 6.07) is 15.7. The van der Waals surface area contributed by atoms with Crippen molar-refractivity contribution in [3.05, 3.63) is 88.2 Å². The number of amides is 3. The van der Waals surface area contributed by atoms with Gasteiger partial charge in [0.15, 0.2) is 0 Å². The molecule has 1 fully saturated rings. The van der Waals surface area contributed by atoms with E-state index >= 15 is 0 Å². The van der Waals surface area contributed by atoms with E-state index < -0.39 is 5.97 Å². The van der Waals surface area contributed by atoms with Crippen LogP contribution in [0.4, 0.5) is 4.79 Å². The van der Waals surface area contributed by atoms with Gasteiger partial charge in [0.05, 0.1) is 11.3 Å². The van der Waals surface area contributed by atoms with Crippen LogP contribution in [-0.4, -0.2) is 45.0 Å². The number of carbonyl (C=O) groups is 3. The number of rotatable bonds is 7. The van der Waals surface area contributed by atoms with Gasteiger partial charge in [-0.25, -0.2) is 9.59 Å². The van der Waals surface area contributed by atoms with Gasteiger partial charge < -0.3 is 20.6 Å². The number of aryl methyl sites for hydroxylation is 1. The monoisotopic (exact) mass is 554 g/mol. The number of pyridine rings is 1. The van der Waals surface area contributed by atoms with E-state index in [-0.39, 0.29) is 34.9 Å². The number of hydrogen-bond acceptors (Lipinski definition) is 4. The molecule has 1 aromatic heterocycles. The second-order valence-corrected chi connectivity index (χ2v) is 12.0. The van der Waals surface area contributed by atoms with Crippen molar-refractivity contribution in [2.75, 3.05) is 6.54 Å². The number of carbonyl (C=O) groups excluding carboxylic acids is 2. The van der Waals surface area contributed by atoms with Gasteiger partial charge in [-0.3, -0.25) is 9.78 Å². The second kappa shape index (κ2) is 11.4. The lowest BCUT2D eigenvalue weighted by atomic mass is 9.87. The summed E-state index contributed by atoms with van der Waals surface area (Å²) in [5.74, 6) is -0.728. The van der Waals surface area contributed by atoms with Crippen LogP contribution >= 0.6 is 0 Å². The van der Waals surface area contributed by atoms with Crippen molar-refractivity contribution in [1.82, 2.24) is 20.5 Å². The van der Waals surface area contributed by atoms with Crippen LogP contribution < -0.4 is 10.6 Å². The van der Waals surface area contributed by atoms with Crippen LogP contribution in [0.3, 0.4) is 0 Å². The van der Waals surface area contributed by atoms with Crippen LogP contribution in [0.15, 0.2) is 54.7 Å². The zero-order valence-corrected chi connectivity index (χ0v) is 24.2. The summed E-state index contributed by atoms with van der Waals surface area (Å²) < 4.78 is 0. The number of nitrogens with one attached hydrogen (secondary N) is 2. The first-order valence-corrected chi connectivity index (χ1v) is 14.3. The molecule has 3 aromatic rings. The lowest BCUT2D eigenvalue weighted by Crippen LogP contribution is -2.50. The molecule has 0 spiro atoms. The molecule has 41 heavy (non-hydrogen) atoms. The standard InChI is InChI=1S/C33H38N4O4/c1-5-29-27(31(39)40)15-22(18-34-29)23-12-11-21(17-35-30(38)26-16-25(26)20-9-7-6-8-10-20)28-19-37(14-13-24(23)28)32(41)36-33(2,3)4/h6-12,15,18,25-26H,5,13-14,16-17,19H2,1-4H3,(H,35,38)(H,36,41)(H,39,40). The van der Waals surface area contributed by atoms with E-state index in [0.717, 1.165) is 34.2 Å². The SMILES string of the molecule is CCc1ncc(-c2ccc(CNC(=O)C3CC3c3ccccc3)c3c2CCN(C(=O)NC(C)(C)C)C3)cc1C(=O)O. The number of carboxylic acid groups (broad SMARTS) is 1. The Bertz CT molecular complexity index is 1480. The highest BCUT2D eigenvalue weighted by Crippen LogP contribution is 2.47. The molecule has 214 valence electrons. The van der Waals surface area contributed by atoms with E-state index in [4.69, 9.17) is 0 Å². The first-order valence-electron chi connectivity index (χ1n) is 14.3. The number of hydrogen-bond donors (Lipinski definition) is 3. The molecule has 2 heterocycles. The van der Waals surface area contributed by atoms with Gasteiger partial charge in [0.25, 0.3) is 0 Å². The summed E-state index contributed by atoms with van der Waals surface area (Å²) in [4.78, 5) is 44.3. The van der Waals surface area contributed by atoms with Crippen LogP contribution in [0, 0.1) is 5.92 Å². The largest absolute Gasteiger partial charge is 0.478 e. The Kier molecular flexibility index (Phi) is 7.84. The maximum Gasteiger partial charge on any atom is 0.337 e. The summed E-state index contributed by atoms with van der Waals surface area (Å²) in [5, 5.41) is 16.0. The average molecular weight is 555 g/mol. The van der Waals surface area contributed by atoms with E-state index in [1.54, 1.807) is 17.2 Å². The molecule has 0 saturated heterocycles. The van der Waals surface area contributed by atoms with Crippen LogP contribution in [0.25, 0.3) is 11.1 Å². The van der Waals surface area contributed by atoms with Crippen LogP contribution in [0.2, 0.25) is 0 Å². The number of benzene rings is 2. The molecule has 5 rings (SSSR count). The number of fused-ring (bicyclic) bond motifs is 1. The Morgan fingerprint density at radius 3 is 2.51 bits per heavy atom. The van der Waals surface area contributed by atoms with Gasteiger partial charge in [0.1, 0.15) is 0 Å². The highest BCUT2D eigenvalue weighted by atomic mass is 16.4. The lowest BCUT2D eigenvalue weighted by molar-refractivity contribution is -0.122. The van der Waals surface area contributed by atoms with Crippen molar-refractivity contribution in [2.45, 2.75) is 71.5 Å². The number of aromatic nitrogens is 1. The van der Waals surface area contributed by atoms with Gasteiger partial charge in [-0.2, -0.15) is 0 Å². The van der Waals surface area contributed by atoms with E-state index in [2.05, 4.69) is 27.8 Å². The van der Waals surface area contributed by atoms with Crippen molar-refractivity contribution < 1.29 is 19.5 Å². The number of nitrogens with zero attached hydrogens (tertiary/aromatic N) is 2. The Morgan fingerprint density at radius 2 is 1.83 bits per heavy atom. The number of carboxylic acids is 1. The smallest absolute Gasteiger partial charge is 0.337 e. The van der Waals surface area contributed by atoms with Gasteiger partial charge in [0, 0.05) is 42.9 Å². The number of urea groups is 1. The predicted octanol–water partition coefficient (Wildman–Crippen LogP) is 5.30. The lowest BCUT2D eigenvalue weighted by Gasteiger charge is -2.34. The molecule has 0 radical (unpaired) electrons. The van der Waals surface area contributed by atoms with Gasteiger partial charge in [-0.1, -0.05) is 49.4 Å². The molecule has 1 aliphatic carbocycles. The van der Waals surface area contributed by atoms with Crippen LogP contribution in [-0.2, 0) is 30.7 Å². The molecule has 3 amide bonds. The zero-order valence-electron chi connectivity index (χ0n) is 24.2. The summed E-state index contributed by atoms with van der Waals surface area (Å²) in [6.45, 7) is 9.05. The third kappa shape index (κ3) is 6.26. The molecule has 2 aliphatic rings. The Balaban J connectivity index is 1.43. The molecule has 8 heteroatoms. The minimum absolute atomic E-state index is 0.0286. The number of aromatic carboxylic acids is 1. The normalized spacial score (nSPS) is 17.9. The fourth-order valence-electron chi connectivity index (χ4n) is 5.72. The quantitative estimate of drug-likeness (QED) is 0.367. The topological polar surface area (TPSA) is 112 Å². The molecular formula is C33H38N4O4. The van der Waals surface area contributed by atoms with Gasteiger partial charge in [-0.15, -0.1) is 0 Å². The first-order chi connectivity index (χ1) is 19.6. The van der Waals surface area contributed by atoms with E-state index in [0.29, 0.717) is 38.2 Å². The van der Waals surface area contributed by atoms with E-state index in [1.165, 1.54) is 5.56 Å². The molecular weight excluding hydrogens is 516 g/mol. The average Bonchev–Trinajstić information content (AvgIpc) is 3.76. The third-order valence-corrected chi connectivity index (χ3v) is 7.93. The predicted molar refractivity (Wildman–Crippen MR) is 158 cm³/mol.